The maximum atomic E-state index is 13.2. The number of anilines is 1. The molecule has 0 spiro atoms. The van der Waals surface area contributed by atoms with Crippen molar-refractivity contribution < 1.29 is 22.9 Å². The molecule has 1 amide bonds. The molecule has 0 aromatic heterocycles. The van der Waals surface area contributed by atoms with Gasteiger partial charge in [-0.15, -0.1) is 0 Å². The molecule has 0 aliphatic carbocycles. The third-order valence-electron chi connectivity index (χ3n) is 5.20. The van der Waals surface area contributed by atoms with Gasteiger partial charge in [-0.3, -0.25) is 19.8 Å². The van der Waals surface area contributed by atoms with Gasteiger partial charge in [-0.2, -0.15) is 0 Å². The Kier molecular flexibility index (Phi) is 6.88. The Morgan fingerprint density at radius 1 is 1.13 bits per heavy atom. The maximum absolute atomic E-state index is 13.2. The number of nitro groups is 1. The van der Waals surface area contributed by atoms with Gasteiger partial charge in [0.25, 0.3) is 5.69 Å². The van der Waals surface area contributed by atoms with E-state index >= 15 is 0 Å². The van der Waals surface area contributed by atoms with Gasteiger partial charge in [0.2, 0.25) is 15.7 Å². The number of nitrogens with two attached hydrogens (primary N) is 2. The van der Waals surface area contributed by atoms with E-state index in [4.69, 9.17) is 16.2 Å². The summed E-state index contributed by atoms with van der Waals surface area (Å²) < 4.78 is 31.6. The zero-order chi connectivity index (χ0) is 22.6. The van der Waals surface area contributed by atoms with Crippen LogP contribution >= 0.6 is 0 Å². The largest absolute Gasteiger partial charge is 0.392 e. The van der Waals surface area contributed by atoms with Crippen molar-refractivity contribution in [1.29, 1.82) is 0 Å². The number of nitro benzene ring substituents is 1. The van der Waals surface area contributed by atoms with Gasteiger partial charge in [0.1, 0.15) is 10.6 Å². The van der Waals surface area contributed by atoms with Crippen LogP contribution in [0.1, 0.15) is 22.3 Å². The van der Waals surface area contributed by atoms with Crippen molar-refractivity contribution in [2.24, 2.45) is 5.73 Å². The molecule has 11 heteroatoms. The van der Waals surface area contributed by atoms with Crippen LogP contribution in [-0.4, -0.2) is 57.0 Å². The average Bonchev–Trinajstić information content (AvgIpc) is 2.74. The molecule has 4 N–H and O–H groups in total. The third kappa shape index (κ3) is 4.84. The number of morpholine rings is 1. The van der Waals surface area contributed by atoms with E-state index < -0.39 is 36.9 Å². The van der Waals surface area contributed by atoms with Crippen LogP contribution in [0.3, 0.4) is 0 Å². The van der Waals surface area contributed by atoms with Crippen molar-refractivity contribution in [2.75, 3.05) is 38.6 Å². The molecule has 166 valence electrons. The third-order valence-corrected chi connectivity index (χ3v) is 7.07. The number of sulfone groups is 1. The molecule has 0 atom stereocenters. The summed E-state index contributed by atoms with van der Waals surface area (Å²) in [7, 11) is -4.31. The normalized spacial score (nSPS) is 15.0. The number of hydrogen-bond donors (Lipinski definition) is 2. The number of benzene rings is 2. The summed E-state index contributed by atoms with van der Waals surface area (Å²) in [5, 5.41) is 11.7. The first-order valence-electron chi connectivity index (χ1n) is 9.73. The summed E-state index contributed by atoms with van der Waals surface area (Å²) in [5.41, 5.74) is 10.5. The topological polar surface area (TPSA) is 159 Å². The summed E-state index contributed by atoms with van der Waals surface area (Å²) in [6.45, 7) is 3.67. The van der Waals surface area contributed by atoms with Crippen LogP contribution in [0.4, 0.5) is 11.4 Å². The minimum Gasteiger partial charge on any atom is -0.392 e. The second-order valence-corrected chi connectivity index (χ2v) is 9.05. The number of amides is 1. The number of carbonyl (C=O) groups excluding carboxylic acids is 1. The molecule has 0 unspecified atom stereocenters. The highest BCUT2D eigenvalue weighted by Crippen LogP contribution is 2.36. The summed E-state index contributed by atoms with van der Waals surface area (Å²) in [6, 6.07) is 8.07. The molecular weight excluding hydrogens is 424 g/mol. The van der Waals surface area contributed by atoms with Gasteiger partial charge in [0.15, 0.2) is 0 Å². The summed E-state index contributed by atoms with van der Waals surface area (Å²) in [6.07, 6.45) is 1.02. The first-order valence-corrected chi connectivity index (χ1v) is 11.2. The van der Waals surface area contributed by atoms with E-state index in [1.54, 1.807) is 0 Å². The van der Waals surface area contributed by atoms with Gasteiger partial charge in [0, 0.05) is 18.7 Å². The molecule has 3 rings (SSSR count). The minimum atomic E-state index is -4.31. The van der Waals surface area contributed by atoms with Gasteiger partial charge >= 0.3 is 0 Å². The number of nitrogens with zero attached hydrogens (tertiary/aromatic N) is 2. The van der Waals surface area contributed by atoms with Gasteiger partial charge in [-0.05, 0) is 37.6 Å². The van der Waals surface area contributed by atoms with Crippen molar-refractivity contribution in [3.8, 4) is 0 Å². The van der Waals surface area contributed by atoms with Gasteiger partial charge in [-0.1, -0.05) is 18.2 Å². The lowest BCUT2D eigenvalue weighted by atomic mass is 10.1. The van der Waals surface area contributed by atoms with Crippen LogP contribution in [-0.2, 0) is 21.0 Å². The van der Waals surface area contributed by atoms with Crippen molar-refractivity contribution in [1.82, 2.24) is 4.90 Å². The van der Waals surface area contributed by atoms with E-state index in [9.17, 15) is 23.3 Å². The lowest BCUT2D eigenvalue weighted by Crippen LogP contribution is -2.36. The molecule has 1 fully saturated rings. The quantitative estimate of drug-likeness (QED) is 0.348. The van der Waals surface area contributed by atoms with Crippen LogP contribution in [0.5, 0.6) is 0 Å². The van der Waals surface area contributed by atoms with E-state index in [0.717, 1.165) is 19.6 Å². The van der Waals surface area contributed by atoms with Crippen molar-refractivity contribution in [2.45, 2.75) is 22.6 Å². The molecule has 2 aromatic carbocycles. The smallest absolute Gasteiger partial charge is 0.296 e. The first kappa shape index (κ1) is 22.7. The van der Waals surface area contributed by atoms with E-state index in [0.29, 0.717) is 31.6 Å². The Morgan fingerprint density at radius 2 is 1.81 bits per heavy atom. The Morgan fingerprint density at radius 3 is 2.45 bits per heavy atom. The highest BCUT2D eigenvalue weighted by atomic mass is 32.2. The molecule has 31 heavy (non-hydrogen) atoms. The van der Waals surface area contributed by atoms with Crippen LogP contribution < -0.4 is 11.5 Å². The fraction of sp³-hybridized carbons (Fsp3) is 0.350. The van der Waals surface area contributed by atoms with E-state index in [1.807, 2.05) is 0 Å². The standard InChI is InChI=1S/C20H24N4O6S/c21-18-17(31(28,29)16-6-2-1-5-15(16)20(22)25)8-7-14(19(18)24(26)27)4-3-9-23-10-12-30-13-11-23/h1-2,5-8H,3-4,9-13,21H2,(H2,22,25). The predicted octanol–water partition coefficient (Wildman–Crippen LogP) is 1.37. The van der Waals surface area contributed by atoms with Gasteiger partial charge in [-0.25, -0.2) is 8.42 Å². The second-order valence-electron chi connectivity index (χ2n) is 7.16. The first-order chi connectivity index (χ1) is 14.7. The number of aryl methyl sites for hydroxylation is 1. The fourth-order valence-corrected chi connectivity index (χ4v) is 5.21. The van der Waals surface area contributed by atoms with Crippen LogP contribution in [0, 0.1) is 10.1 Å². The highest BCUT2D eigenvalue weighted by molar-refractivity contribution is 7.91. The average molecular weight is 449 g/mol. The number of ether oxygens (including phenoxy) is 1. The molecule has 1 heterocycles. The fourth-order valence-electron chi connectivity index (χ4n) is 3.63. The van der Waals surface area contributed by atoms with E-state index in [2.05, 4.69) is 4.90 Å². The summed E-state index contributed by atoms with van der Waals surface area (Å²) in [5.74, 6) is -0.924. The van der Waals surface area contributed by atoms with Crippen molar-refractivity contribution >= 4 is 27.1 Å². The predicted molar refractivity (Wildman–Crippen MR) is 114 cm³/mol. The minimum absolute atomic E-state index is 0.209. The van der Waals surface area contributed by atoms with Gasteiger partial charge in [0.05, 0.1) is 28.6 Å². The van der Waals surface area contributed by atoms with Crippen molar-refractivity contribution in [3.05, 3.63) is 57.6 Å². The monoisotopic (exact) mass is 448 g/mol. The summed E-state index contributed by atoms with van der Waals surface area (Å²) >= 11 is 0. The molecule has 10 nitrogen and oxygen atoms in total. The maximum Gasteiger partial charge on any atom is 0.296 e. The SMILES string of the molecule is NC(=O)c1ccccc1S(=O)(=O)c1ccc(CCCN2CCOCC2)c([N+](=O)[O-])c1N. The Balaban J connectivity index is 1.93. The number of primary amides is 1. The molecule has 0 bridgehead atoms. The van der Waals surface area contributed by atoms with Crippen LogP contribution in [0.2, 0.25) is 0 Å². The highest BCUT2D eigenvalue weighted by Gasteiger charge is 2.30. The molecule has 1 aliphatic rings. The Labute approximate surface area is 179 Å². The molecule has 0 saturated carbocycles. The number of rotatable bonds is 8. The molecule has 1 aliphatic heterocycles. The van der Waals surface area contributed by atoms with Crippen LogP contribution in [0.15, 0.2) is 46.2 Å². The second kappa shape index (κ2) is 9.41. The number of nitrogen functional groups attached to an aromatic ring is 1. The number of carbonyl (C=O) groups is 1. The molecule has 0 radical (unpaired) electrons. The molecule has 1 saturated heterocycles. The van der Waals surface area contributed by atoms with Crippen LogP contribution in [0.25, 0.3) is 0 Å². The zero-order valence-corrected chi connectivity index (χ0v) is 17.6. The van der Waals surface area contributed by atoms with Crippen molar-refractivity contribution in [3.63, 3.8) is 0 Å². The molecular formula is C20H24N4O6S. The number of hydrogen-bond acceptors (Lipinski definition) is 8. The Bertz CT molecular complexity index is 1100. The van der Waals surface area contributed by atoms with Gasteiger partial charge < -0.3 is 16.2 Å². The lowest BCUT2D eigenvalue weighted by molar-refractivity contribution is -0.384. The summed E-state index contributed by atoms with van der Waals surface area (Å²) in [4.78, 5) is 24.2. The van der Waals surface area contributed by atoms with E-state index in [-0.39, 0.29) is 10.5 Å². The Hall–Kier alpha value is -3.02. The zero-order valence-electron chi connectivity index (χ0n) is 16.8. The van der Waals surface area contributed by atoms with E-state index in [1.165, 1.54) is 36.4 Å². The molecule has 2 aromatic rings. The lowest BCUT2D eigenvalue weighted by Gasteiger charge is -2.26.